The molecule has 0 aliphatic heterocycles. The molecule has 170 valence electrons. The molecule has 0 saturated heterocycles. The maximum atomic E-state index is 12.7. The van der Waals surface area contributed by atoms with E-state index in [0.29, 0.717) is 11.5 Å². The summed E-state index contributed by atoms with van der Waals surface area (Å²) in [6.45, 7) is 2.07. The summed E-state index contributed by atoms with van der Waals surface area (Å²) in [6.07, 6.45) is 1.52. The summed E-state index contributed by atoms with van der Waals surface area (Å²) >= 11 is 7.31. The number of hydrogen-bond donors (Lipinski definition) is 2. The summed E-state index contributed by atoms with van der Waals surface area (Å²) in [5.41, 5.74) is 2.85. The third kappa shape index (κ3) is 4.43. The van der Waals surface area contributed by atoms with Crippen LogP contribution in [0.4, 0.5) is 17.3 Å². The van der Waals surface area contributed by atoms with Crippen molar-refractivity contribution in [3.63, 3.8) is 0 Å². The molecule has 0 spiro atoms. The largest absolute Gasteiger partial charge is 0.340 e. The molecule has 0 aliphatic rings. The predicted octanol–water partition coefficient (Wildman–Crippen LogP) is 5.65. The molecule has 0 fully saturated rings. The van der Waals surface area contributed by atoms with Gasteiger partial charge in [0.2, 0.25) is 0 Å². The number of hydrogen-bond acceptors (Lipinski definition) is 8. The second kappa shape index (κ2) is 8.98. The lowest BCUT2D eigenvalue weighted by molar-refractivity contribution is 0.601. The highest BCUT2D eigenvalue weighted by Gasteiger charge is 2.18. The van der Waals surface area contributed by atoms with Gasteiger partial charge >= 0.3 is 0 Å². The molecule has 11 heteroatoms. The number of aromatic nitrogens is 4. The van der Waals surface area contributed by atoms with Gasteiger partial charge in [0.05, 0.1) is 10.3 Å². The lowest BCUT2D eigenvalue weighted by Crippen LogP contribution is -2.14. The first-order valence-electron chi connectivity index (χ1n) is 10.1. The number of benzene rings is 2. The van der Waals surface area contributed by atoms with Crippen LogP contribution in [0.2, 0.25) is 5.15 Å². The van der Waals surface area contributed by atoms with Crippen LogP contribution in [-0.4, -0.2) is 28.6 Å². The van der Waals surface area contributed by atoms with Crippen LogP contribution in [0.5, 0.6) is 0 Å². The average Bonchev–Trinajstić information content (AvgIpc) is 3.18. The molecule has 0 atom stereocenters. The number of nitrogens with one attached hydrogen (secondary N) is 2. The topological polar surface area (TPSA) is 110 Å². The van der Waals surface area contributed by atoms with E-state index < -0.39 is 10.0 Å². The molecule has 0 aliphatic carbocycles. The predicted molar refractivity (Wildman–Crippen MR) is 135 cm³/mol. The van der Waals surface area contributed by atoms with E-state index in [9.17, 15) is 8.42 Å². The fourth-order valence-electron chi connectivity index (χ4n) is 3.51. The van der Waals surface area contributed by atoms with Crippen molar-refractivity contribution in [3.05, 3.63) is 83.1 Å². The first-order chi connectivity index (χ1) is 16.4. The van der Waals surface area contributed by atoms with E-state index in [1.165, 1.54) is 30.6 Å². The van der Waals surface area contributed by atoms with Gasteiger partial charge < -0.3 is 5.32 Å². The standard InChI is InChI=1S/C23H17ClN6O2S2/c1-14-20(15-5-3-2-4-6-15)21-22(25-13-26-23(21)33-14)27-16-7-9-17(10-8-16)34(31,32)30-19-12-11-18(24)28-29-19/h2-13H,1H3,(H,29,30)(H,25,26,27). The number of rotatable bonds is 6. The number of fused-ring (bicyclic) bond motifs is 1. The molecule has 5 aromatic rings. The Labute approximate surface area is 204 Å². The number of anilines is 3. The zero-order valence-electron chi connectivity index (χ0n) is 17.7. The smallest absolute Gasteiger partial charge is 0.263 e. The molecule has 3 heterocycles. The van der Waals surface area contributed by atoms with Gasteiger partial charge in [0.1, 0.15) is 17.0 Å². The van der Waals surface area contributed by atoms with Crippen LogP contribution in [0.15, 0.2) is 78.0 Å². The Morgan fingerprint density at radius 3 is 2.38 bits per heavy atom. The highest BCUT2D eigenvalue weighted by Crippen LogP contribution is 2.40. The second-order valence-corrected chi connectivity index (χ2v) is 10.6. The van der Waals surface area contributed by atoms with Gasteiger partial charge in [-0.25, -0.2) is 18.4 Å². The van der Waals surface area contributed by atoms with Crippen LogP contribution < -0.4 is 10.0 Å². The van der Waals surface area contributed by atoms with Crippen molar-refractivity contribution in [1.29, 1.82) is 0 Å². The van der Waals surface area contributed by atoms with E-state index in [1.54, 1.807) is 23.5 Å². The highest BCUT2D eigenvalue weighted by molar-refractivity contribution is 7.92. The Bertz CT molecular complexity index is 1570. The fourth-order valence-corrected chi connectivity index (χ4v) is 5.62. The molecular weight excluding hydrogens is 492 g/mol. The first kappa shape index (κ1) is 22.2. The van der Waals surface area contributed by atoms with E-state index in [4.69, 9.17) is 11.6 Å². The number of halogens is 1. The van der Waals surface area contributed by atoms with Gasteiger partial charge in [0.15, 0.2) is 11.0 Å². The van der Waals surface area contributed by atoms with E-state index in [1.807, 2.05) is 18.2 Å². The lowest BCUT2D eigenvalue weighted by atomic mass is 10.0. The monoisotopic (exact) mass is 508 g/mol. The normalized spacial score (nSPS) is 11.5. The van der Waals surface area contributed by atoms with Gasteiger partial charge in [-0.15, -0.1) is 21.5 Å². The van der Waals surface area contributed by atoms with E-state index in [0.717, 1.165) is 26.2 Å². The van der Waals surface area contributed by atoms with Crippen molar-refractivity contribution in [3.8, 4) is 11.1 Å². The molecule has 2 aromatic carbocycles. The molecule has 0 saturated carbocycles. The van der Waals surface area contributed by atoms with Crippen molar-refractivity contribution in [2.45, 2.75) is 11.8 Å². The van der Waals surface area contributed by atoms with Crippen LogP contribution in [0, 0.1) is 6.92 Å². The summed E-state index contributed by atoms with van der Waals surface area (Å²) in [6, 6.07) is 19.4. The van der Waals surface area contributed by atoms with Gasteiger partial charge in [0, 0.05) is 16.1 Å². The van der Waals surface area contributed by atoms with Crippen molar-refractivity contribution < 1.29 is 8.42 Å². The fraction of sp³-hybridized carbons (Fsp3) is 0.0435. The minimum atomic E-state index is -3.84. The molecule has 0 unspecified atom stereocenters. The van der Waals surface area contributed by atoms with E-state index in [-0.39, 0.29) is 15.9 Å². The van der Waals surface area contributed by atoms with Gasteiger partial charge in [-0.2, -0.15) is 0 Å². The van der Waals surface area contributed by atoms with Gasteiger partial charge in [-0.05, 0) is 48.9 Å². The van der Waals surface area contributed by atoms with Crippen molar-refractivity contribution in [2.24, 2.45) is 0 Å². The first-order valence-corrected chi connectivity index (χ1v) is 12.8. The molecule has 3 aromatic heterocycles. The Morgan fingerprint density at radius 2 is 1.68 bits per heavy atom. The summed E-state index contributed by atoms with van der Waals surface area (Å²) in [7, 11) is -3.84. The zero-order chi connectivity index (χ0) is 23.7. The summed E-state index contributed by atoms with van der Waals surface area (Å²) < 4.78 is 27.8. The van der Waals surface area contributed by atoms with Gasteiger partial charge in [0.25, 0.3) is 10.0 Å². The maximum absolute atomic E-state index is 12.7. The number of nitrogens with zero attached hydrogens (tertiary/aromatic N) is 4. The van der Waals surface area contributed by atoms with Crippen LogP contribution in [-0.2, 0) is 10.0 Å². The highest BCUT2D eigenvalue weighted by atomic mass is 35.5. The summed E-state index contributed by atoms with van der Waals surface area (Å²) in [5.74, 6) is 0.731. The molecule has 34 heavy (non-hydrogen) atoms. The molecule has 0 radical (unpaired) electrons. The molecule has 2 N–H and O–H groups in total. The lowest BCUT2D eigenvalue weighted by Gasteiger charge is -2.10. The van der Waals surface area contributed by atoms with Gasteiger partial charge in [-0.3, -0.25) is 4.72 Å². The van der Waals surface area contributed by atoms with Crippen LogP contribution >= 0.6 is 22.9 Å². The van der Waals surface area contributed by atoms with Crippen LogP contribution in [0.1, 0.15) is 4.88 Å². The van der Waals surface area contributed by atoms with Crippen molar-refractivity contribution >= 4 is 60.5 Å². The molecule has 0 amide bonds. The minimum Gasteiger partial charge on any atom is -0.340 e. The minimum absolute atomic E-state index is 0.0799. The Kier molecular flexibility index (Phi) is 5.86. The molecular formula is C23H17ClN6O2S2. The van der Waals surface area contributed by atoms with Crippen molar-refractivity contribution in [1.82, 2.24) is 20.2 Å². The van der Waals surface area contributed by atoms with Crippen LogP contribution in [0.3, 0.4) is 0 Å². The summed E-state index contributed by atoms with van der Waals surface area (Å²) in [4.78, 5) is 11.0. The van der Waals surface area contributed by atoms with Crippen molar-refractivity contribution in [2.75, 3.05) is 10.0 Å². The maximum Gasteiger partial charge on any atom is 0.263 e. The number of sulfonamides is 1. The third-order valence-electron chi connectivity index (χ3n) is 5.03. The molecule has 0 bridgehead atoms. The summed E-state index contributed by atoms with van der Waals surface area (Å²) in [5, 5.41) is 11.8. The van der Waals surface area contributed by atoms with E-state index >= 15 is 0 Å². The second-order valence-electron chi connectivity index (χ2n) is 7.30. The Balaban J connectivity index is 1.44. The quantitative estimate of drug-likeness (QED) is 0.304. The molecule has 8 nitrogen and oxygen atoms in total. The number of thiophene rings is 1. The SMILES string of the molecule is Cc1sc2ncnc(Nc3ccc(S(=O)(=O)Nc4ccc(Cl)nn4)cc3)c2c1-c1ccccc1. The van der Waals surface area contributed by atoms with E-state index in [2.05, 4.69) is 49.3 Å². The average molecular weight is 509 g/mol. The number of aryl methyl sites for hydroxylation is 1. The molecule has 5 rings (SSSR count). The van der Waals surface area contributed by atoms with Crippen LogP contribution in [0.25, 0.3) is 21.3 Å². The zero-order valence-corrected chi connectivity index (χ0v) is 20.1. The Morgan fingerprint density at radius 1 is 0.912 bits per heavy atom. The van der Waals surface area contributed by atoms with Gasteiger partial charge in [-0.1, -0.05) is 41.9 Å². The third-order valence-corrected chi connectivity index (χ3v) is 7.61. The Hall–Kier alpha value is -3.60.